The molecule has 0 aliphatic heterocycles. The highest BCUT2D eigenvalue weighted by molar-refractivity contribution is 6.03. The summed E-state index contributed by atoms with van der Waals surface area (Å²) in [5.74, 6) is -1.09. The first kappa shape index (κ1) is 18.3. The number of nitrogens with one attached hydrogen (secondary N) is 1. The molecule has 132 valence electrons. The van der Waals surface area contributed by atoms with Gasteiger partial charge in [0.15, 0.2) is 6.61 Å². The second-order valence-corrected chi connectivity index (χ2v) is 5.35. The third-order valence-electron chi connectivity index (χ3n) is 3.75. The lowest BCUT2D eigenvalue weighted by atomic mass is 10.1. The Kier molecular flexibility index (Phi) is 5.59. The molecule has 0 bridgehead atoms. The van der Waals surface area contributed by atoms with Gasteiger partial charge in [0.2, 0.25) is 5.78 Å². The average molecular weight is 345 g/mol. The van der Waals surface area contributed by atoms with Crippen molar-refractivity contribution in [2.24, 2.45) is 0 Å². The molecule has 1 aromatic heterocycles. The van der Waals surface area contributed by atoms with Crippen molar-refractivity contribution < 1.29 is 28.6 Å². The van der Waals surface area contributed by atoms with Gasteiger partial charge in [-0.2, -0.15) is 0 Å². The number of carbonyl (C=O) groups excluding carboxylic acids is 3. The number of aromatic nitrogens is 1. The SMILES string of the molecule is COC(=O)c1c(C)[nH]c(C(=O)COC(=O)c2cccc(OC)c2)c1C. The first-order chi connectivity index (χ1) is 11.9. The van der Waals surface area contributed by atoms with E-state index in [0.717, 1.165) is 0 Å². The Morgan fingerprint density at radius 2 is 1.80 bits per heavy atom. The Morgan fingerprint density at radius 3 is 2.44 bits per heavy atom. The third kappa shape index (κ3) is 3.88. The Labute approximate surface area is 144 Å². The molecule has 0 aliphatic rings. The van der Waals surface area contributed by atoms with E-state index in [4.69, 9.17) is 14.2 Å². The van der Waals surface area contributed by atoms with Gasteiger partial charge in [-0.15, -0.1) is 0 Å². The van der Waals surface area contributed by atoms with Crippen molar-refractivity contribution >= 4 is 17.7 Å². The largest absolute Gasteiger partial charge is 0.497 e. The van der Waals surface area contributed by atoms with Crippen molar-refractivity contribution in [1.82, 2.24) is 4.98 Å². The van der Waals surface area contributed by atoms with Crippen LogP contribution in [0.1, 0.15) is 42.5 Å². The standard InChI is InChI=1S/C18H19NO6/c1-10-15(18(22)24-4)11(2)19-16(10)14(20)9-25-17(21)12-6-5-7-13(8-12)23-3/h5-8,19H,9H2,1-4H3. The first-order valence-electron chi connectivity index (χ1n) is 7.50. The van der Waals surface area contributed by atoms with Crippen LogP contribution in [-0.2, 0) is 9.47 Å². The molecule has 0 unspecified atom stereocenters. The number of benzene rings is 1. The second kappa shape index (κ2) is 7.65. The summed E-state index contributed by atoms with van der Waals surface area (Å²) in [7, 11) is 2.76. The van der Waals surface area contributed by atoms with E-state index in [9.17, 15) is 14.4 Å². The van der Waals surface area contributed by atoms with E-state index >= 15 is 0 Å². The molecule has 7 heteroatoms. The van der Waals surface area contributed by atoms with E-state index < -0.39 is 24.3 Å². The molecule has 7 nitrogen and oxygen atoms in total. The Bertz CT molecular complexity index is 821. The van der Waals surface area contributed by atoms with Gasteiger partial charge in [-0.1, -0.05) is 6.07 Å². The fourth-order valence-corrected chi connectivity index (χ4v) is 2.47. The van der Waals surface area contributed by atoms with Crippen LogP contribution in [-0.4, -0.2) is 43.5 Å². The summed E-state index contributed by atoms with van der Waals surface area (Å²) in [6.45, 7) is 2.85. The molecular formula is C18H19NO6. The number of aromatic amines is 1. The molecule has 1 N–H and O–H groups in total. The molecule has 0 radical (unpaired) electrons. The zero-order chi connectivity index (χ0) is 18.6. The topological polar surface area (TPSA) is 94.7 Å². The maximum Gasteiger partial charge on any atom is 0.339 e. The summed E-state index contributed by atoms with van der Waals surface area (Å²) in [5, 5.41) is 0. The molecule has 0 spiro atoms. The van der Waals surface area contributed by atoms with E-state index in [0.29, 0.717) is 22.6 Å². The molecule has 2 rings (SSSR count). The quantitative estimate of drug-likeness (QED) is 0.638. The smallest absolute Gasteiger partial charge is 0.339 e. The van der Waals surface area contributed by atoms with E-state index in [-0.39, 0.29) is 11.3 Å². The minimum atomic E-state index is -0.638. The van der Waals surface area contributed by atoms with Crippen molar-refractivity contribution in [2.45, 2.75) is 13.8 Å². The fraction of sp³-hybridized carbons (Fsp3) is 0.278. The summed E-state index contributed by atoms with van der Waals surface area (Å²) in [6.07, 6.45) is 0. The molecular weight excluding hydrogens is 326 g/mol. The molecule has 2 aromatic rings. The van der Waals surface area contributed by atoms with Gasteiger partial charge < -0.3 is 19.2 Å². The number of esters is 2. The van der Waals surface area contributed by atoms with Crippen LogP contribution < -0.4 is 4.74 Å². The van der Waals surface area contributed by atoms with Crippen LogP contribution in [0.25, 0.3) is 0 Å². The highest BCUT2D eigenvalue weighted by atomic mass is 16.5. The number of Topliss-reactive ketones (excluding diaryl/α,β-unsaturated/α-hetero) is 1. The van der Waals surface area contributed by atoms with Crippen molar-refractivity contribution in [3.05, 3.63) is 52.3 Å². The number of H-pyrrole nitrogens is 1. The number of ether oxygens (including phenoxy) is 3. The normalized spacial score (nSPS) is 10.2. The van der Waals surface area contributed by atoms with Gasteiger partial charge in [0.1, 0.15) is 5.75 Å². The van der Waals surface area contributed by atoms with Gasteiger partial charge in [-0.25, -0.2) is 9.59 Å². The molecule has 0 atom stereocenters. The van der Waals surface area contributed by atoms with Gasteiger partial charge in [-0.3, -0.25) is 4.79 Å². The highest BCUT2D eigenvalue weighted by Gasteiger charge is 2.23. The zero-order valence-corrected chi connectivity index (χ0v) is 14.5. The van der Waals surface area contributed by atoms with Gasteiger partial charge in [0, 0.05) is 5.69 Å². The summed E-state index contributed by atoms with van der Waals surface area (Å²) >= 11 is 0. The molecule has 0 saturated heterocycles. The van der Waals surface area contributed by atoms with E-state index in [1.165, 1.54) is 20.3 Å². The maximum atomic E-state index is 12.3. The number of hydrogen-bond donors (Lipinski definition) is 1. The van der Waals surface area contributed by atoms with Crippen molar-refractivity contribution in [3.8, 4) is 5.75 Å². The summed E-state index contributed by atoms with van der Waals surface area (Å²) in [5.41, 5.74) is 1.79. The number of ketones is 1. The number of methoxy groups -OCH3 is 2. The van der Waals surface area contributed by atoms with Crippen molar-refractivity contribution in [3.63, 3.8) is 0 Å². The molecule has 0 amide bonds. The predicted molar refractivity (Wildman–Crippen MR) is 89.2 cm³/mol. The molecule has 25 heavy (non-hydrogen) atoms. The minimum absolute atomic E-state index is 0.219. The van der Waals surface area contributed by atoms with Gasteiger partial charge in [-0.05, 0) is 37.6 Å². The van der Waals surface area contributed by atoms with Crippen LogP contribution in [0.3, 0.4) is 0 Å². The molecule has 1 heterocycles. The monoisotopic (exact) mass is 345 g/mol. The minimum Gasteiger partial charge on any atom is -0.497 e. The third-order valence-corrected chi connectivity index (χ3v) is 3.75. The highest BCUT2D eigenvalue weighted by Crippen LogP contribution is 2.20. The first-order valence-corrected chi connectivity index (χ1v) is 7.50. The lowest BCUT2D eigenvalue weighted by Gasteiger charge is -2.06. The zero-order valence-electron chi connectivity index (χ0n) is 14.5. The number of aryl methyl sites for hydroxylation is 1. The number of carbonyl (C=O) groups is 3. The predicted octanol–water partition coefficient (Wildman–Crippen LogP) is 2.47. The Balaban J connectivity index is 2.10. The molecule has 1 aromatic carbocycles. The number of rotatable bonds is 6. The van der Waals surface area contributed by atoms with Gasteiger partial charge in [0.25, 0.3) is 0 Å². The van der Waals surface area contributed by atoms with Crippen LogP contribution in [0.5, 0.6) is 5.75 Å². The Morgan fingerprint density at radius 1 is 1.08 bits per heavy atom. The number of hydrogen-bond acceptors (Lipinski definition) is 6. The van der Waals surface area contributed by atoms with Crippen molar-refractivity contribution in [2.75, 3.05) is 20.8 Å². The summed E-state index contributed by atoms with van der Waals surface area (Å²) < 4.78 is 14.8. The van der Waals surface area contributed by atoms with Crippen molar-refractivity contribution in [1.29, 1.82) is 0 Å². The fourth-order valence-electron chi connectivity index (χ4n) is 2.47. The van der Waals surface area contributed by atoms with Crippen LogP contribution in [0, 0.1) is 13.8 Å². The lowest BCUT2D eigenvalue weighted by molar-refractivity contribution is 0.0472. The average Bonchev–Trinajstić information content (AvgIpc) is 2.93. The molecule has 0 aliphatic carbocycles. The second-order valence-electron chi connectivity index (χ2n) is 5.35. The lowest BCUT2D eigenvalue weighted by Crippen LogP contribution is -2.15. The van der Waals surface area contributed by atoms with E-state index in [1.54, 1.807) is 32.0 Å². The van der Waals surface area contributed by atoms with Gasteiger partial charge >= 0.3 is 11.9 Å². The van der Waals surface area contributed by atoms with E-state index in [1.807, 2.05) is 0 Å². The van der Waals surface area contributed by atoms with Crippen LogP contribution in [0.4, 0.5) is 0 Å². The van der Waals surface area contributed by atoms with Gasteiger partial charge in [0.05, 0.1) is 31.0 Å². The molecule has 0 fully saturated rings. The van der Waals surface area contributed by atoms with E-state index in [2.05, 4.69) is 4.98 Å². The molecule has 0 saturated carbocycles. The van der Waals surface area contributed by atoms with Crippen LogP contribution in [0.15, 0.2) is 24.3 Å². The summed E-state index contributed by atoms with van der Waals surface area (Å²) in [4.78, 5) is 39.0. The summed E-state index contributed by atoms with van der Waals surface area (Å²) in [6, 6.07) is 6.43. The Hall–Kier alpha value is -3.09. The maximum absolute atomic E-state index is 12.3. The van der Waals surface area contributed by atoms with Crippen LogP contribution in [0.2, 0.25) is 0 Å². The van der Waals surface area contributed by atoms with Crippen LogP contribution >= 0.6 is 0 Å².